The van der Waals surface area contributed by atoms with Crippen LogP contribution in [0.25, 0.3) is 0 Å². The fourth-order valence-electron chi connectivity index (χ4n) is 2.11. The third-order valence-electron chi connectivity index (χ3n) is 3.09. The molecule has 1 rings (SSSR count). The van der Waals surface area contributed by atoms with E-state index in [0.29, 0.717) is 19.5 Å². The summed E-state index contributed by atoms with van der Waals surface area (Å²) in [6.07, 6.45) is -3.67. The summed E-state index contributed by atoms with van der Waals surface area (Å²) in [7, 11) is 0. The van der Waals surface area contributed by atoms with Crippen molar-refractivity contribution < 1.29 is 23.1 Å². The van der Waals surface area contributed by atoms with E-state index >= 15 is 0 Å². The maximum Gasteiger partial charge on any atom is 0.389 e. The molecule has 1 saturated heterocycles. The molecule has 0 saturated carbocycles. The summed E-state index contributed by atoms with van der Waals surface area (Å²) in [4.78, 5) is 13.2. The van der Waals surface area contributed by atoms with Crippen LogP contribution in [0, 0.1) is 0 Å². The maximum absolute atomic E-state index is 11.9. The normalized spacial score (nSPS) is 21.4. The van der Waals surface area contributed by atoms with Gasteiger partial charge in [0.2, 0.25) is 5.91 Å². The van der Waals surface area contributed by atoms with Crippen LogP contribution in [0.1, 0.15) is 32.1 Å². The first kappa shape index (κ1) is 16.2. The van der Waals surface area contributed by atoms with Gasteiger partial charge in [0.1, 0.15) is 0 Å². The Morgan fingerprint density at radius 1 is 1.42 bits per heavy atom. The molecule has 1 atom stereocenters. The Hall–Kier alpha value is -0.820. The summed E-state index contributed by atoms with van der Waals surface area (Å²) in [5.74, 6) is -0.559. The molecule has 0 spiro atoms. The highest BCUT2D eigenvalue weighted by Crippen LogP contribution is 2.20. The van der Waals surface area contributed by atoms with Crippen LogP contribution in [0.5, 0.6) is 0 Å². The minimum absolute atomic E-state index is 0.282. The Morgan fingerprint density at radius 2 is 2.16 bits per heavy atom. The molecule has 7 heteroatoms. The van der Waals surface area contributed by atoms with Crippen molar-refractivity contribution in [3.63, 3.8) is 0 Å². The average Bonchev–Trinajstić information content (AvgIpc) is 2.31. The van der Waals surface area contributed by atoms with Crippen LogP contribution in [0.2, 0.25) is 0 Å². The van der Waals surface area contributed by atoms with Crippen LogP contribution in [0.4, 0.5) is 13.2 Å². The zero-order valence-electron chi connectivity index (χ0n) is 10.9. The highest BCUT2D eigenvalue weighted by Gasteiger charge is 2.27. The number of halogens is 3. The van der Waals surface area contributed by atoms with Crippen molar-refractivity contribution in [2.24, 2.45) is 0 Å². The first-order valence-electron chi connectivity index (χ1n) is 6.61. The number of nitrogens with zero attached hydrogens (tertiary/aromatic N) is 1. The van der Waals surface area contributed by atoms with Gasteiger partial charge in [-0.05, 0) is 32.4 Å². The number of aliphatic hydroxyl groups excluding tert-OH is 1. The summed E-state index contributed by atoms with van der Waals surface area (Å²) in [5, 5.41) is 11.9. The third-order valence-corrected chi connectivity index (χ3v) is 3.09. The number of nitrogens with one attached hydrogen (secondary N) is 1. The molecular formula is C12H21F3N2O2. The highest BCUT2D eigenvalue weighted by molar-refractivity contribution is 5.75. The standard InChI is InChI=1S/C12H21F3N2O2/c13-12(14,15)5-4-11(19)16-6-2-8-17-7-1-3-10(18)9-17/h10,18H,1-9H2,(H,16,19)/t10-/m1/s1. The van der Waals surface area contributed by atoms with Gasteiger partial charge in [-0.15, -0.1) is 0 Å². The number of hydrogen-bond donors (Lipinski definition) is 2. The van der Waals surface area contributed by atoms with E-state index in [2.05, 4.69) is 10.2 Å². The average molecular weight is 282 g/mol. The molecule has 1 fully saturated rings. The van der Waals surface area contributed by atoms with Crippen molar-refractivity contribution in [2.75, 3.05) is 26.2 Å². The van der Waals surface area contributed by atoms with Gasteiger partial charge in [0.25, 0.3) is 0 Å². The van der Waals surface area contributed by atoms with Crippen molar-refractivity contribution in [1.29, 1.82) is 0 Å². The number of carbonyl (C=O) groups excluding carboxylic acids is 1. The number of amides is 1. The largest absolute Gasteiger partial charge is 0.392 e. The number of carbonyl (C=O) groups is 1. The minimum atomic E-state index is -4.28. The molecule has 0 radical (unpaired) electrons. The van der Waals surface area contributed by atoms with Crippen LogP contribution in [0.3, 0.4) is 0 Å². The molecule has 4 nitrogen and oxygen atoms in total. The van der Waals surface area contributed by atoms with E-state index < -0.39 is 24.9 Å². The fourth-order valence-corrected chi connectivity index (χ4v) is 2.11. The van der Waals surface area contributed by atoms with Gasteiger partial charge in [0.05, 0.1) is 12.5 Å². The lowest BCUT2D eigenvalue weighted by Gasteiger charge is -2.29. The van der Waals surface area contributed by atoms with E-state index in [1.165, 1.54) is 0 Å². The molecule has 0 aliphatic carbocycles. The molecule has 112 valence electrons. The highest BCUT2D eigenvalue weighted by atomic mass is 19.4. The molecular weight excluding hydrogens is 261 g/mol. The summed E-state index contributed by atoms with van der Waals surface area (Å²) < 4.78 is 35.6. The van der Waals surface area contributed by atoms with Crippen LogP contribution >= 0.6 is 0 Å². The SMILES string of the molecule is O=C(CCC(F)(F)F)NCCCN1CCC[C@@H](O)C1. The number of rotatable bonds is 6. The number of aliphatic hydroxyl groups is 1. The van der Waals surface area contributed by atoms with Gasteiger partial charge in [0.15, 0.2) is 0 Å². The molecule has 1 heterocycles. The van der Waals surface area contributed by atoms with Crippen molar-refractivity contribution >= 4 is 5.91 Å². The molecule has 0 bridgehead atoms. The van der Waals surface area contributed by atoms with E-state index in [0.717, 1.165) is 25.9 Å². The lowest BCUT2D eigenvalue weighted by atomic mass is 10.1. The maximum atomic E-state index is 11.9. The predicted octanol–water partition coefficient (Wildman–Crippen LogP) is 1.29. The van der Waals surface area contributed by atoms with Crippen molar-refractivity contribution in [1.82, 2.24) is 10.2 Å². The Kier molecular flexibility index (Phi) is 6.57. The molecule has 1 aliphatic rings. The third kappa shape index (κ3) is 8.05. The number of likely N-dealkylation sites (tertiary alicyclic amines) is 1. The van der Waals surface area contributed by atoms with Gasteiger partial charge in [-0.2, -0.15) is 13.2 Å². The predicted molar refractivity (Wildman–Crippen MR) is 64.6 cm³/mol. The van der Waals surface area contributed by atoms with E-state index in [-0.39, 0.29) is 6.10 Å². The van der Waals surface area contributed by atoms with Crippen LogP contribution in [0.15, 0.2) is 0 Å². The Labute approximate surface area is 111 Å². The Balaban J connectivity index is 2.02. The van der Waals surface area contributed by atoms with Gasteiger partial charge in [0, 0.05) is 19.5 Å². The summed E-state index contributed by atoms with van der Waals surface area (Å²) in [6.45, 7) is 2.70. The van der Waals surface area contributed by atoms with E-state index in [1.807, 2.05) is 0 Å². The summed E-state index contributed by atoms with van der Waals surface area (Å²) in [5.41, 5.74) is 0. The number of piperidine rings is 1. The monoisotopic (exact) mass is 282 g/mol. The molecule has 0 aromatic carbocycles. The number of β-amino-alcohol motifs (C(OH)–C–C–N with tert-alkyl or cyclic N) is 1. The topological polar surface area (TPSA) is 52.6 Å². The first-order valence-corrected chi connectivity index (χ1v) is 6.61. The lowest BCUT2D eigenvalue weighted by molar-refractivity contribution is -0.144. The molecule has 1 aliphatic heterocycles. The second-order valence-corrected chi connectivity index (χ2v) is 4.92. The zero-order chi connectivity index (χ0) is 14.3. The van der Waals surface area contributed by atoms with Crippen molar-refractivity contribution in [3.05, 3.63) is 0 Å². The van der Waals surface area contributed by atoms with Gasteiger partial charge in [-0.3, -0.25) is 4.79 Å². The Morgan fingerprint density at radius 3 is 2.79 bits per heavy atom. The second-order valence-electron chi connectivity index (χ2n) is 4.92. The van der Waals surface area contributed by atoms with Gasteiger partial charge in [-0.1, -0.05) is 0 Å². The van der Waals surface area contributed by atoms with Gasteiger partial charge >= 0.3 is 6.18 Å². The van der Waals surface area contributed by atoms with Crippen LogP contribution in [-0.4, -0.2) is 54.4 Å². The van der Waals surface area contributed by atoms with Crippen molar-refractivity contribution in [2.45, 2.75) is 44.4 Å². The summed E-state index contributed by atoms with van der Waals surface area (Å²) >= 11 is 0. The fraction of sp³-hybridized carbons (Fsp3) is 0.917. The minimum Gasteiger partial charge on any atom is -0.392 e. The smallest absolute Gasteiger partial charge is 0.389 e. The molecule has 2 N–H and O–H groups in total. The quantitative estimate of drug-likeness (QED) is 0.722. The summed E-state index contributed by atoms with van der Waals surface area (Å²) in [6, 6.07) is 0. The molecule has 0 aromatic rings. The van der Waals surface area contributed by atoms with E-state index in [9.17, 15) is 23.1 Å². The molecule has 19 heavy (non-hydrogen) atoms. The van der Waals surface area contributed by atoms with Gasteiger partial charge in [-0.25, -0.2) is 0 Å². The number of alkyl halides is 3. The number of hydrogen-bond acceptors (Lipinski definition) is 3. The van der Waals surface area contributed by atoms with Gasteiger partial charge < -0.3 is 15.3 Å². The lowest BCUT2D eigenvalue weighted by Crippen LogP contribution is -2.39. The first-order chi connectivity index (χ1) is 8.87. The van der Waals surface area contributed by atoms with Crippen LogP contribution < -0.4 is 5.32 Å². The van der Waals surface area contributed by atoms with Crippen molar-refractivity contribution in [3.8, 4) is 0 Å². The van der Waals surface area contributed by atoms with E-state index in [1.54, 1.807) is 0 Å². The van der Waals surface area contributed by atoms with Crippen LogP contribution in [-0.2, 0) is 4.79 Å². The zero-order valence-corrected chi connectivity index (χ0v) is 10.9. The van der Waals surface area contributed by atoms with E-state index in [4.69, 9.17) is 0 Å². The Bertz CT molecular complexity index is 285. The second kappa shape index (κ2) is 7.69. The molecule has 0 aromatic heterocycles. The molecule has 0 unspecified atom stereocenters. The molecule has 1 amide bonds.